The zero-order valence-corrected chi connectivity index (χ0v) is 30.6. The van der Waals surface area contributed by atoms with Crippen LogP contribution in [0, 0.1) is 5.41 Å². The monoisotopic (exact) mass is 710 g/mol. The van der Waals surface area contributed by atoms with Gasteiger partial charge in [0.1, 0.15) is 18.1 Å². The normalized spacial score (nSPS) is 20.6. The van der Waals surface area contributed by atoms with Gasteiger partial charge in [-0.2, -0.15) is 5.10 Å². The number of benzene rings is 1. The van der Waals surface area contributed by atoms with Crippen molar-refractivity contribution in [3.05, 3.63) is 77.9 Å². The van der Waals surface area contributed by atoms with Crippen LogP contribution in [0.3, 0.4) is 0 Å². The number of morpholine rings is 1. The molecule has 4 aromatic rings. The van der Waals surface area contributed by atoms with Crippen LogP contribution in [-0.4, -0.2) is 87.1 Å². The summed E-state index contributed by atoms with van der Waals surface area (Å²) in [6.45, 7) is 13.1. The van der Waals surface area contributed by atoms with Gasteiger partial charge in [0.05, 0.1) is 38.2 Å². The molecule has 0 spiro atoms. The fraction of sp³-hybridized carbons (Fsp3) is 0.500. The third-order valence-corrected chi connectivity index (χ3v) is 10.1. The van der Waals surface area contributed by atoms with Crippen molar-refractivity contribution >= 4 is 29.1 Å². The number of nitrogens with zero attached hydrogens (tertiary/aromatic N) is 8. The summed E-state index contributed by atoms with van der Waals surface area (Å²) in [6, 6.07) is 11.4. The van der Waals surface area contributed by atoms with Gasteiger partial charge in [-0.3, -0.25) is 19.3 Å². The fourth-order valence-electron chi connectivity index (χ4n) is 7.02. The SMILES string of the molecule is CC(C)(C)/C(N)=C/C(=N\C(=O)N[C@H]1CC[C@@H](Oc2ccc3nnc(N4CCCCC4)n3c2)c2ccccc21)[NH2+]c1cnn(CCN2CCOCC2)c1. The molecular formula is C38H52N11O3+. The number of nitrogens with one attached hydrogen (secondary N) is 1. The Morgan fingerprint density at radius 1 is 1.02 bits per heavy atom. The Balaban J connectivity index is 1.04. The Kier molecular flexibility index (Phi) is 10.8. The number of allylic oxidation sites excluding steroid dienone is 1. The number of rotatable bonds is 9. The van der Waals surface area contributed by atoms with Crippen molar-refractivity contribution in [2.24, 2.45) is 16.1 Å². The Labute approximate surface area is 305 Å². The predicted octanol–water partition coefficient (Wildman–Crippen LogP) is 4.10. The molecule has 5 N–H and O–H groups in total. The van der Waals surface area contributed by atoms with Crippen LogP contribution >= 0.6 is 0 Å². The third kappa shape index (κ3) is 8.63. The fourth-order valence-corrected chi connectivity index (χ4v) is 7.02. The molecule has 1 aromatic carbocycles. The maximum atomic E-state index is 13.6. The highest BCUT2D eigenvalue weighted by Gasteiger charge is 2.30. The summed E-state index contributed by atoms with van der Waals surface area (Å²) < 4.78 is 16.1. The standard InChI is InChI=1S/C38H51N11O3/c1-38(2,3)33(39)23-34(41-27-24-40-48(25-27)18-17-46-19-21-51-22-20-46)43-36(50)42-31-12-13-32(30-10-6-5-9-29(30)31)52-28-11-14-35-44-45-37(49(35)26-28)47-15-7-4-8-16-47/h5-6,9-11,14,23-26,31-32H,4,7-8,12-13,15-22,39H2,1-3H3,(H2,41,42,43,50)/p+1/b33-23-/t31-,32+/m0/s1. The number of amidine groups is 1. The predicted molar refractivity (Wildman–Crippen MR) is 200 cm³/mol. The summed E-state index contributed by atoms with van der Waals surface area (Å²) >= 11 is 0. The molecule has 2 saturated heterocycles. The number of amides is 2. The van der Waals surface area contributed by atoms with Crippen LogP contribution in [0.25, 0.3) is 5.65 Å². The number of piperidine rings is 1. The van der Waals surface area contributed by atoms with Gasteiger partial charge in [0.15, 0.2) is 11.3 Å². The number of nitrogens with two attached hydrogens (primary N) is 2. The van der Waals surface area contributed by atoms with E-state index in [9.17, 15) is 4.79 Å². The minimum absolute atomic E-state index is 0.168. The number of carbonyl (C=O) groups excluding carboxylic acids is 1. The van der Waals surface area contributed by atoms with Gasteiger partial charge in [-0.15, -0.1) is 15.2 Å². The minimum Gasteiger partial charge on any atom is -0.484 e. The Morgan fingerprint density at radius 2 is 1.81 bits per heavy atom. The van der Waals surface area contributed by atoms with E-state index in [-0.39, 0.29) is 17.6 Å². The van der Waals surface area contributed by atoms with E-state index in [1.165, 1.54) is 6.42 Å². The van der Waals surface area contributed by atoms with Crippen molar-refractivity contribution in [3.63, 3.8) is 0 Å². The van der Waals surface area contributed by atoms with Gasteiger partial charge in [-0.25, -0.2) is 4.79 Å². The Hall–Kier alpha value is -4.79. The van der Waals surface area contributed by atoms with Gasteiger partial charge >= 0.3 is 6.03 Å². The van der Waals surface area contributed by atoms with Crippen molar-refractivity contribution in [2.45, 2.75) is 71.6 Å². The zero-order chi connectivity index (χ0) is 36.1. The van der Waals surface area contributed by atoms with E-state index < -0.39 is 6.03 Å². The van der Waals surface area contributed by atoms with Crippen LogP contribution in [0.2, 0.25) is 0 Å². The summed E-state index contributed by atoms with van der Waals surface area (Å²) in [5.41, 5.74) is 10.5. The molecule has 0 unspecified atom stereocenters. The van der Waals surface area contributed by atoms with Gasteiger partial charge in [0.25, 0.3) is 0 Å². The summed E-state index contributed by atoms with van der Waals surface area (Å²) in [7, 11) is 0. The number of urea groups is 1. The van der Waals surface area contributed by atoms with Crippen LogP contribution in [0.4, 0.5) is 16.4 Å². The lowest BCUT2D eigenvalue weighted by Gasteiger charge is -2.32. The smallest absolute Gasteiger partial charge is 0.346 e. The van der Waals surface area contributed by atoms with Gasteiger partial charge < -0.3 is 25.4 Å². The average Bonchev–Trinajstić information content (AvgIpc) is 3.78. The highest BCUT2D eigenvalue weighted by molar-refractivity contribution is 5.96. The number of hydrogen-bond donors (Lipinski definition) is 3. The first-order valence-corrected chi connectivity index (χ1v) is 18.6. The minimum atomic E-state index is -0.425. The maximum absolute atomic E-state index is 13.6. The Morgan fingerprint density at radius 3 is 2.60 bits per heavy atom. The number of pyridine rings is 1. The average molecular weight is 711 g/mol. The van der Waals surface area contributed by atoms with Crippen LogP contribution in [0.15, 0.2) is 71.8 Å². The number of aromatic nitrogens is 5. The van der Waals surface area contributed by atoms with Crippen molar-refractivity contribution in [1.82, 2.24) is 34.6 Å². The van der Waals surface area contributed by atoms with Gasteiger partial charge in [0.2, 0.25) is 11.8 Å². The largest absolute Gasteiger partial charge is 0.484 e. The lowest BCUT2D eigenvalue weighted by molar-refractivity contribution is -0.442. The summed E-state index contributed by atoms with van der Waals surface area (Å²) in [6.07, 6.45) is 12.4. The van der Waals surface area contributed by atoms with Crippen LogP contribution in [0.1, 0.15) is 76.1 Å². The second-order valence-electron chi connectivity index (χ2n) is 15.0. The van der Waals surface area contributed by atoms with E-state index in [2.05, 4.69) is 47.5 Å². The first-order valence-electron chi connectivity index (χ1n) is 18.6. The van der Waals surface area contributed by atoms with E-state index in [4.69, 9.17) is 15.2 Å². The van der Waals surface area contributed by atoms with Gasteiger partial charge in [0, 0.05) is 49.9 Å². The molecule has 14 heteroatoms. The molecule has 0 radical (unpaired) electrons. The van der Waals surface area contributed by atoms with Gasteiger partial charge in [-0.1, -0.05) is 45.0 Å². The quantitative estimate of drug-likeness (QED) is 0.172. The first kappa shape index (κ1) is 35.6. The molecule has 3 aliphatic rings. The molecule has 276 valence electrons. The van der Waals surface area contributed by atoms with E-state index in [1.807, 2.05) is 71.8 Å². The lowest BCUT2D eigenvalue weighted by atomic mass is 9.85. The molecule has 0 bridgehead atoms. The molecule has 1 aliphatic carbocycles. The van der Waals surface area contributed by atoms with Crippen molar-refractivity contribution in [3.8, 4) is 5.75 Å². The number of anilines is 1. The first-order chi connectivity index (χ1) is 25.2. The number of ether oxygens (including phenoxy) is 2. The molecule has 2 aliphatic heterocycles. The summed E-state index contributed by atoms with van der Waals surface area (Å²) in [5.74, 6) is 2.09. The second-order valence-corrected chi connectivity index (χ2v) is 15.0. The van der Waals surface area contributed by atoms with Gasteiger partial charge in [-0.05, 0) is 55.4 Å². The highest BCUT2D eigenvalue weighted by Crippen LogP contribution is 2.39. The molecule has 5 heterocycles. The number of aliphatic imine (C=N–C) groups is 1. The van der Waals surface area contributed by atoms with Crippen molar-refractivity contribution < 1.29 is 19.6 Å². The number of hydrogen-bond acceptors (Lipinski definition) is 9. The molecule has 0 saturated carbocycles. The topological polar surface area (TPSA) is 157 Å². The molecule has 3 aromatic heterocycles. The zero-order valence-electron chi connectivity index (χ0n) is 30.6. The van der Waals surface area contributed by atoms with Crippen molar-refractivity contribution in [2.75, 3.05) is 50.8 Å². The second kappa shape index (κ2) is 15.8. The Bertz CT molecular complexity index is 1900. The number of fused-ring (bicyclic) bond motifs is 2. The summed E-state index contributed by atoms with van der Waals surface area (Å²) in [5, 5.41) is 18.5. The molecule has 2 fully saturated rings. The lowest BCUT2D eigenvalue weighted by Crippen LogP contribution is -2.82. The van der Waals surface area contributed by atoms with Crippen LogP contribution < -0.4 is 26.0 Å². The van der Waals surface area contributed by atoms with E-state index in [0.717, 1.165) is 106 Å². The van der Waals surface area contributed by atoms with Crippen LogP contribution in [0.5, 0.6) is 5.75 Å². The molecule has 14 nitrogen and oxygen atoms in total. The van der Waals surface area contributed by atoms with E-state index in [0.29, 0.717) is 18.0 Å². The van der Waals surface area contributed by atoms with E-state index in [1.54, 1.807) is 12.3 Å². The molecule has 7 rings (SSSR count). The summed E-state index contributed by atoms with van der Waals surface area (Å²) in [4.78, 5) is 22.8. The maximum Gasteiger partial charge on any atom is 0.346 e. The molecule has 2 atom stereocenters. The van der Waals surface area contributed by atoms with E-state index >= 15 is 0 Å². The molecule has 2 amide bonds. The number of carbonyl (C=O) groups is 1. The van der Waals surface area contributed by atoms with Crippen molar-refractivity contribution in [1.29, 1.82) is 0 Å². The molecule has 52 heavy (non-hydrogen) atoms. The number of quaternary nitrogens is 1. The highest BCUT2D eigenvalue weighted by atomic mass is 16.5. The van der Waals surface area contributed by atoms with Crippen LogP contribution in [-0.2, 0) is 11.3 Å². The third-order valence-electron chi connectivity index (χ3n) is 10.1. The molecular weight excluding hydrogens is 658 g/mol.